The number of hydrogen-bond donors (Lipinski definition) is 1. The monoisotopic (exact) mass is 358 g/mol. The van der Waals surface area contributed by atoms with Gasteiger partial charge in [-0.25, -0.2) is 14.2 Å². The van der Waals surface area contributed by atoms with E-state index < -0.39 is 5.82 Å². The molecule has 2 aromatic carbocycles. The van der Waals surface area contributed by atoms with Crippen molar-refractivity contribution in [3.63, 3.8) is 0 Å². The number of carbonyl (C=O) groups is 1. The molecular formula is C18H19FN4OS. The topological polar surface area (TPSA) is 48.5 Å². The van der Waals surface area contributed by atoms with Gasteiger partial charge in [-0.3, -0.25) is 4.90 Å². The number of thiazole rings is 1. The molecule has 0 saturated carbocycles. The minimum absolute atomic E-state index is 0.327. The molecule has 0 atom stereocenters. The van der Waals surface area contributed by atoms with Crippen LogP contribution in [0.2, 0.25) is 0 Å². The summed E-state index contributed by atoms with van der Waals surface area (Å²) in [4.78, 5) is 20.9. The van der Waals surface area contributed by atoms with Gasteiger partial charge in [0.05, 0.1) is 10.2 Å². The normalized spacial score (nSPS) is 11.0. The lowest BCUT2D eigenvalue weighted by Crippen LogP contribution is -2.39. The number of benzene rings is 2. The number of nitrogens with zero attached hydrogens (tertiary/aromatic N) is 3. The molecule has 1 N–H and O–H groups in total. The first-order valence-corrected chi connectivity index (χ1v) is 8.69. The second-order valence-electron chi connectivity index (χ2n) is 5.86. The Morgan fingerprint density at radius 1 is 1.16 bits per heavy atom. The zero-order valence-electron chi connectivity index (χ0n) is 14.1. The van der Waals surface area contributed by atoms with E-state index in [4.69, 9.17) is 0 Å². The van der Waals surface area contributed by atoms with Crippen molar-refractivity contribution in [2.45, 2.75) is 0 Å². The van der Waals surface area contributed by atoms with Crippen LogP contribution in [0, 0.1) is 5.82 Å². The molecule has 3 aromatic rings. The fourth-order valence-corrected chi connectivity index (χ4v) is 3.31. The summed E-state index contributed by atoms with van der Waals surface area (Å²) in [5, 5.41) is 3.37. The molecule has 3 rings (SSSR count). The Bertz CT molecular complexity index is 847. The number of hydrogen-bond acceptors (Lipinski definition) is 4. The van der Waals surface area contributed by atoms with Gasteiger partial charge < -0.3 is 10.2 Å². The van der Waals surface area contributed by atoms with Gasteiger partial charge >= 0.3 is 6.03 Å². The predicted octanol–water partition coefficient (Wildman–Crippen LogP) is 4.04. The Labute approximate surface area is 149 Å². The minimum Gasteiger partial charge on any atom is -0.308 e. The van der Waals surface area contributed by atoms with E-state index in [-0.39, 0.29) is 6.03 Å². The number of fused-ring (bicyclic) bond motifs is 1. The maximum absolute atomic E-state index is 13.4. The Morgan fingerprint density at radius 3 is 2.68 bits per heavy atom. The summed E-state index contributed by atoms with van der Waals surface area (Å²) in [6, 6.07) is 13.3. The zero-order chi connectivity index (χ0) is 17.8. The maximum Gasteiger partial charge on any atom is 0.328 e. The molecule has 0 unspecified atom stereocenters. The zero-order valence-corrected chi connectivity index (χ0v) is 14.9. The van der Waals surface area contributed by atoms with Gasteiger partial charge in [-0.2, -0.15) is 0 Å². The maximum atomic E-state index is 13.4. The summed E-state index contributed by atoms with van der Waals surface area (Å²) in [6.45, 7) is 1.17. The summed E-state index contributed by atoms with van der Waals surface area (Å²) in [7, 11) is 3.89. The lowest BCUT2D eigenvalue weighted by atomic mass is 10.3. The molecule has 130 valence electrons. The molecule has 0 aliphatic rings. The molecule has 7 heteroatoms. The van der Waals surface area contributed by atoms with Gasteiger partial charge in [0.1, 0.15) is 5.82 Å². The Kier molecular flexibility index (Phi) is 5.25. The van der Waals surface area contributed by atoms with Crippen LogP contribution >= 0.6 is 11.3 Å². The number of likely N-dealkylation sites (N-methyl/N-ethyl adjacent to an activating group) is 1. The van der Waals surface area contributed by atoms with Gasteiger partial charge in [0.25, 0.3) is 0 Å². The SMILES string of the molecule is CN(C)CCN(C(=O)Nc1cccc(F)c1)c1nc2ccccc2s1. The van der Waals surface area contributed by atoms with Crippen LogP contribution in [0.25, 0.3) is 10.2 Å². The highest BCUT2D eigenvalue weighted by atomic mass is 32.1. The van der Waals surface area contributed by atoms with Crippen molar-refractivity contribution >= 4 is 38.4 Å². The summed E-state index contributed by atoms with van der Waals surface area (Å²) in [5.41, 5.74) is 1.27. The molecule has 25 heavy (non-hydrogen) atoms. The quantitative estimate of drug-likeness (QED) is 0.749. The molecule has 0 fully saturated rings. The number of carbonyl (C=O) groups excluding carboxylic acids is 1. The largest absolute Gasteiger partial charge is 0.328 e. The Balaban J connectivity index is 1.86. The summed E-state index contributed by atoms with van der Waals surface area (Å²) in [6.07, 6.45) is 0. The van der Waals surface area contributed by atoms with Gasteiger partial charge in [-0.05, 0) is 44.4 Å². The first-order chi connectivity index (χ1) is 12.0. The third-order valence-corrected chi connectivity index (χ3v) is 4.66. The third kappa shape index (κ3) is 4.32. The summed E-state index contributed by atoms with van der Waals surface area (Å²) < 4.78 is 14.4. The predicted molar refractivity (Wildman–Crippen MR) is 101 cm³/mol. The second-order valence-corrected chi connectivity index (χ2v) is 6.87. The van der Waals surface area contributed by atoms with Crippen LogP contribution in [-0.2, 0) is 0 Å². The van der Waals surface area contributed by atoms with E-state index in [1.807, 2.05) is 43.3 Å². The first-order valence-electron chi connectivity index (χ1n) is 7.87. The molecule has 2 amide bonds. The van der Waals surface area contributed by atoms with Crippen LogP contribution in [-0.4, -0.2) is 43.1 Å². The third-order valence-electron chi connectivity index (χ3n) is 3.61. The minimum atomic E-state index is -0.391. The Hall–Kier alpha value is -2.51. The number of para-hydroxylation sites is 1. The molecule has 0 spiro atoms. The van der Waals surface area contributed by atoms with Crippen molar-refractivity contribution in [2.75, 3.05) is 37.4 Å². The number of aromatic nitrogens is 1. The highest BCUT2D eigenvalue weighted by Crippen LogP contribution is 2.29. The number of anilines is 2. The highest BCUT2D eigenvalue weighted by molar-refractivity contribution is 7.22. The van der Waals surface area contributed by atoms with Gasteiger partial charge in [-0.15, -0.1) is 0 Å². The molecule has 1 aromatic heterocycles. The van der Waals surface area contributed by atoms with Crippen molar-refractivity contribution in [2.24, 2.45) is 0 Å². The molecule has 0 radical (unpaired) electrons. The first kappa shape index (κ1) is 17.3. The van der Waals surface area contributed by atoms with Crippen LogP contribution in [0.3, 0.4) is 0 Å². The van der Waals surface area contributed by atoms with E-state index in [0.717, 1.165) is 10.2 Å². The van der Waals surface area contributed by atoms with E-state index in [9.17, 15) is 9.18 Å². The van der Waals surface area contributed by atoms with Gasteiger partial charge in [0.2, 0.25) is 0 Å². The molecule has 5 nitrogen and oxygen atoms in total. The van der Waals surface area contributed by atoms with Gasteiger partial charge in [0, 0.05) is 18.8 Å². The fraction of sp³-hybridized carbons (Fsp3) is 0.222. The van der Waals surface area contributed by atoms with Crippen molar-refractivity contribution in [3.05, 3.63) is 54.3 Å². The van der Waals surface area contributed by atoms with Crippen molar-refractivity contribution in [1.29, 1.82) is 0 Å². The van der Waals surface area contributed by atoms with Crippen LogP contribution in [0.4, 0.5) is 20.0 Å². The number of halogens is 1. The second kappa shape index (κ2) is 7.58. The van der Waals surface area contributed by atoms with Crippen LogP contribution in [0.15, 0.2) is 48.5 Å². The van der Waals surface area contributed by atoms with Crippen molar-refractivity contribution in [1.82, 2.24) is 9.88 Å². The van der Waals surface area contributed by atoms with Gasteiger partial charge in [-0.1, -0.05) is 29.5 Å². The molecule has 0 saturated heterocycles. The summed E-state index contributed by atoms with van der Waals surface area (Å²) in [5.74, 6) is -0.391. The molecule has 0 aliphatic carbocycles. The van der Waals surface area contributed by atoms with Crippen LogP contribution in [0.5, 0.6) is 0 Å². The lowest BCUT2D eigenvalue weighted by molar-refractivity contribution is 0.256. The summed E-state index contributed by atoms with van der Waals surface area (Å²) >= 11 is 1.46. The smallest absolute Gasteiger partial charge is 0.308 e. The molecule has 1 heterocycles. The van der Waals surface area contributed by atoms with E-state index >= 15 is 0 Å². The molecular weight excluding hydrogens is 339 g/mol. The fourth-order valence-electron chi connectivity index (χ4n) is 2.32. The van der Waals surface area contributed by atoms with Gasteiger partial charge in [0.15, 0.2) is 5.13 Å². The van der Waals surface area contributed by atoms with Crippen LogP contribution < -0.4 is 10.2 Å². The number of nitrogens with one attached hydrogen (secondary N) is 1. The molecule has 0 aliphatic heterocycles. The standard InChI is InChI=1S/C18H19FN4OS/c1-22(2)10-11-23(17(24)20-14-7-5-6-13(19)12-14)18-21-15-8-3-4-9-16(15)25-18/h3-9,12H,10-11H2,1-2H3,(H,20,24). The lowest BCUT2D eigenvalue weighted by Gasteiger charge is -2.22. The van der Waals surface area contributed by atoms with E-state index in [2.05, 4.69) is 10.3 Å². The average molecular weight is 358 g/mol. The van der Waals surface area contributed by atoms with E-state index in [1.54, 1.807) is 17.0 Å². The number of amides is 2. The molecule has 0 bridgehead atoms. The van der Waals surface area contributed by atoms with Crippen molar-refractivity contribution in [3.8, 4) is 0 Å². The number of rotatable bonds is 5. The van der Waals surface area contributed by atoms with Crippen molar-refractivity contribution < 1.29 is 9.18 Å². The van der Waals surface area contributed by atoms with E-state index in [1.165, 1.54) is 23.5 Å². The highest BCUT2D eigenvalue weighted by Gasteiger charge is 2.20. The van der Waals surface area contributed by atoms with E-state index in [0.29, 0.717) is 23.9 Å². The Morgan fingerprint density at radius 2 is 1.96 bits per heavy atom. The van der Waals surface area contributed by atoms with Crippen LogP contribution in [0.1, 0.15) is 0 Å². The average Bonchev–Trinajstić information content (AvgIpc) is 2.98. The number of urea groups is 1.